The quantitative estimate of drug-likeness (QED) is 0.855. The molecule has 8 heteroatoms. The summed E-state index contributed by atoms with van der Waals surface area (Å²) in [6.07, 6.45) is 1.74. The van der Waals surface area contributed by atoms with Crippen LogP contribution < -0.4 is 4.72 Å². The van der Waals surface area contributed by atoms with Gasteiger partial charge in [-0.2, -0.15) is 0 Å². The molecule has 1 aromatic rings. The molecule has 2 unspecified atom stereocenters. The van der Waals surface area contributed by atoms with Gasteiger partial charge in [-0.25, -0.2) is 13.1 Å². The smallest absolute Gasteiger partial charge is 0.310 e. The zero-order chi connectivity index (χ0) is 14.3. The standard InChI is InChI=1S/C11H14BrNO4S2/c1-11(10(14)15)5-2-3-8(11)13-19(16,17)9-7(12)4-6-18-9/h4,6,8,13H,2-3,5H2,1H3,(H,14,15). The molecule has 106 valence electrons. The molecule has 1 heterocycles. The number of hydrogen-bond donors (Lipinski definition) is 2. The predicted octanol–water partition coefficient (Wildman–Crippen LogP) is 2.43. The Morgan fingerprint density at radius 2 is 2.32 bits per heavy atom. The van der Waals surface area contributed by atoms with Gasteiger partial charge in [0, 0.05) is 10.5 Å². The average Bonchev–Trinajstić information content (AvgIpc) is 2.87. The second kappa shape index (κ2) is 5.16. The second-order valence-electron chi connectivity index (χ2n) is 4.84. The summed E-state index contributed by atoms with van der Waals surface area (Å²) in [4.78, 5) is 11.3. The lowest BCUT2D eigenvalue weighted by Crippen LogP contribution is -2.46. The van der Waals surface area contributed by atoms with Crippen LogP contribution in [0.5, 0.6) is 0 Å². The first-order valence-electron chi connectivity index (χ1n) is 5.76. The molecule has 0 aromatic carbocycles. The van der Waals surface area contributed by atoms with Crippen LogP contribution in [-0.2, 0) is 14.8 Å². The maximum Gasteiger partial charge on any atom is 0.310 e. The molecule has 1 aliphatic carbocycles. The van der Waals surface area contributed by atoms with Crippen LogP contribution in [0.2, 0.25) is 0 Å². The molecule has 1 aliphatic rings. The molecule has 2 atom stereocenters. The molecule has 0 radical (unpaired) electrons. The lowest BCUT2D eigenvalue weighted by atomic mass is 9.85. The minimum absolute atomic E-state index is 0.187. The maximum atomic E-state index is 12.3. The molecular weight excluding hydrogens is 354 g/mol. The van der Waals surface area contributed by atoms with Crippen LogP contribution in [0.25, 0.3) is 0 Å². The summed E-state index contributed by atoms with van der Waals surface area (Å²) in [5.74, 6) is -0.956. The summed E-state index contributed by atoms with van der Waals surface area (Å²) in [7, 11) is -3.68. The van der Waals surface area contributed by atoms with Crippen molar-refractivity contribution in [1.82, 2.24) is 4.72 Å². The molecule has 1 aromatic heterocycles. The van der Waals surface area contributed by atoms with E-state index in [1.165, 1.54) is 0 Å². The Hall–Kier alpha value is -0.440. The number of carbonyl (C=O) groups is 1. The van der Waals surface area contributed by atoms with Gasteiger partial charge in [-0.1, -0.05) is 6.42 Å². The number of hydrogen-bond acceptors (Lipinski definition) is 4. The van der Waals surface area contributed by atoms with Gasteiger partial charge in [0.25, 0.3) is 10.0 Å². The van der Waals surface area contributed by atoms with E-state index in [2.05, 4.69) is 20.7 Å². The summed E-state index contributed by atoms with van der Waals surface area (Å²) in [6, 6.07) is 1.09. The van der Waals surface area contributed by atoms with E-state index in [1.54, 1.807) is 18.4 Å². The third-order valence-electron chi connectivity index (χ3n) is 3.57. The van der Waals surface area contributed by atoms with Crippen LogP contribution in [0, 0.1) is 5.41 Å². The highest BCUT2D eigenvalue weighted by Gasteiger charge is 2.47. The predicted molar refractivity (Wildman–Crippen MR) is 75.7 cm³/mol. The first kappa shape index (κ1) is 15.0. The van der Waals surface area contributed by atoms with E-state index in [1.807, 2.05) is 0 Å². The van der Waals surface area contributed by atoms with Crippen molar-refractivity contribution in [3.05, 3.63) is 15.9 Å². The molecular formula is C11H14BrNO4S2. The van der Waals surface area contributed by atoms with Crippen molar-refractivity contribution in [3.8, 4) is 0 Å². The van der Waals surface area contributed by atoms with Gasteiger partial charge in [-0.3, -0.25) is 4.79 Å². The van der Waals surface area contributed by atoms with Crippen LogP contribution in [0.4, 0.5) is 0 Å². The van der Waals surface area contributed by atoms with E-state index in [0.717, 1.165) is 11.3 Å². The SMILES string of the molecule is CC1(C(=O)O)CCCC1NS(=O)(=O)c1sccc1Br. The molecule has 5 nitrogen and oxygen atoms in total. The van der Waals surface area contributed by atoms with Gasteiger partial charge in [-0.15, -0.1) is 11.3 Å². The number of carboxylic acid groups (broad SMARTS) is 1. The fourth-order valence-electron chi connectivity index (χ4n) is 2.32. The number of halogens is 1. The summed E-state index contributed by atoms with van der Waals surface area (Å²) >= 11 is 4.29. The molecule has 19 heavy (non-hydrogen) atoms. The van der Waals surface area contributed by atoms with Crippen molar-refractivity contribution >= 4 is 43.3 Å². The third-order valence-corrected chi connectivity index (χ3v) is 7.71. The number of aliphatic carboxylic acids is 1. The molecule has 0 aliphatic heterocycles. The van der Waals surface area contributed by atoms with Gasteiger partial charge in [0.05, 0.1) is 5.41 Å². The normalized spacial score (nSPS) is 27.6. The van der Waals surface area contributed by atoms with E-state index in [-0.39, 0.29) is 4.21 Å². The lowest BCUT2D eigenvalue weighted by Gasteiger charge is -2.27. The second-order valence-corrected chi connectivity index (χ2v) is 8.52. The highest BCUT2D eigenvalue weighted by atomic mass is 79.9. The van der Waals surface area contributed by atoms with Crippen LogP contribution in [-0.4, -0.2) is 25.5 Å². The maximum absolute atomic E-state index is 12.3. The van der Waals surface area contributed by atoms with Crippen molar-refractivity contribution in [3.63, 3.8) is 0 Å². The summed E-state index contributed by atoms with van der Waals surface area (Å²) in [5, 5.41) is 11.0. The molecule has 0 spiro atoms. The topological polar surface area (TPSA) is 83.5 Å². The molecule has 2 N–H and O–H groups in total. The number of carboxylic acids is 1. The van der Waals surface area contributed by atoms with Crippen molar-refractivity contribution in [2.45, 2.75) is 36.4 Å². The number of nitrogens with one attached hydrogen (secondary N) is 1. The lowest BCUT2D eigenvalue weighted by molar-refractivity contribution is -0.148. The van der Waals surface area contributed by atoms with E-state index >= 15 is 0 Å². The van der Waals surface area contributed by atoms with Gasteiger partial charge >= 0.3 is 5.97 Å². The van der Waals surface area contributed by atoms with E-state index < -0.39 is 27.4 Å². The third kappa shape index (κ3) is 2.72. The minimum Gasteiger partial charge on any atom is -0.481 e. The Morgan fingerprint density at radius 1 is 1.63 bits per heavy atom. The largest absolute Gasteiger partial charge is 0.481 e. The Kier molecular flexibility index (Phi) is 4.06. The monoisotopic (exact) mass is 367 g/mol. The van der Waals surface area contributed by atoms with Gasteiger partial charge in [0.15, 0.2) is 0 Å². The van der Waals surface area contributed by atoms with Crippen molar-refractivity contribution < 1.29 is 18.3 Å². The summed E-state index contributed by atoms with van der Waals surface area (Å²) in [5.41, 5.74) is -1.03. The molecule has 0 saturated heterocycles. The summed E-state index contributed by atoms with van der Waals surface area (Å²) in [6.45, 7) is 1.60. The zero-order valence-corrected chi connectivity index (χ0v) is 13.4. The highest BCUT2D eigenvalue weighted by Crippen LogP contribution is 2.39. The summed E-state index contributed by atoms with van der Waals surface area (Å²) < 4.78 is 27.7. The highest BCUT2D eigenvalue weighted by molar-refractivity contribution is 9.10. The van der Waals surface area contributed by atoms with Gasteiger partial charge in [0.2, 0.25) is 0 Å². The fraction of sp³-hybridized carbons (Fsp3) is 0.545. The van der Waals surface area contributed by atoms with Gasteiger partial charge < -0.3 is 5.11 Å². The van der Waals surface area contributed by atoms with Crippen molar-refractivity contribution in [2.75, 3.05) is 0 Å². The number of thiophene rings is 1. The number of sulfonamides is 1. The average molecular weight is 368 g/mol. The first-order valence-corrected chi connectivity index (χ1v) is 8.92. The Labute approximate surface area is 124 Å². The molecule has 2 rings (SSSR count). The van der Waals surface area contributed by atoms with E-state index in [0.29, 0.717) is 23.7 Å². The zero-order valence-electron chi connectivity index (χ0n) is 10.2. The fourth-order valence-corrected chi connectivity index (χ4v) is 6.06. The Balaban J connectivity index is 2.27. The molecule has 1 fully saturated rings. The Bertz CT molecular complexity index is 598. The number of rotatable bonds is 4. The van der Waals surface area contributed by atoms with Crippen molar-refractivity contribution in [2.24, 2.45) is 5.41 Å². The molecule has 0 amide bonds. The van der Waals surface area contributed by atoms with Crippen LogP contribution >= 0.6 is 27.3 Å². The first-order chi connectivity index (χ1) is 8.77. The van der Waals surface area contributed by atoms with Gasteiger partial charge in [0.1, 0.15) is 4.21 Å². The van der Waals surface area contributed by atoms with Crippen LogP contribution in [0.1, 0.15) is 26.2 Å². The van der Waals surface area contributed by atoms with Crippen LogP contribution in [0.3, 0.4) is 0 Å². The van der Waals surface area contributed by atoms with Crippen molar-refractivity contribution in [1.29, 1.82) is 0 Å². The molecule has 0 bridgehead atoms. The van der Waals surface area contributed by atoms with Crippen LogP contribution in [0.15, 0.2) is 20.1 Å². The van der Waals surface area contributed by atoms with Gasteiger partial charge in [-0.05, 0) is 47.1 Å². The van der Waals surface area contributed by atoms with E-state index in [4.69, 9.17) is 0 Å². The molecule has 1 saturated carbocycles. The minimum atomic E-state index is -3.68. The van der Waals surface area contributed by atoms with E-state index in [9.17, 15) is 18.3 Å². The Morgan fingerprint density at radius 3 is 2.84 bits per heavy atom.